The van der Waals surface area contributed by atoms with Gasteiger partial charge in [0.1, 0.15) is 17.7 Å². The Morgan fingerprint density at radius 1 is 1.71 bits per heavy atom. The normalized spacial score (nSPS) is 17.8. The highest BCUT2D eigenvalue weighted by Gasteiger charge is 2.53. The molecular formula is C8H9N3O3. The highest BCUT2D eigenvalue weighted by Crippen LogP contribution is 2.50. The van der Waals surface area contributed by atoms with Crippen molar-refractivity contribution in [2.75, 3.05) is 0 Å². The summed E-state index contributed by atoms with van der Waals surface area (Å²) in [5.41, 5.74) is -0.383. The van der Waals surface area contributed by atoms with E-state index in [4.69, 9.17) is 0 Å². The fraction of sp³-hybridized carbons (Fsp3) is 0.500. The van der Waals surface area contributed by atoms with Crippen molar-refractivity contribution in [3.63, 3.8) is 0 Å². The molecule has 6 heteroatoms. The highest BCUT2D eigenvalue weighted by atomic mass is 16.6. The fourth-order valence-corrected chi connectivity index (χ4v) is 1.67. The van der Waals surface area contributed by atoms with Gasteiger partial charge in [-0.3, -0.25) is 20.0 Å². The minimum atomic E-state index is -0.654. The highest BCUT2D eigenvalue weighted by molar-refractivity contribution is 5.91. The zero-order valence-corrected chi connectivity index (χ0v) is 7.61. The fourth-order valence-electron chi connectivity index (χ4n) is 1.67. The molecule has 74 valence electrons. The maximum atomic E-state index is 11.3. The second kappa shape index (κ2) is 2.63. The van der Waals surface area contributed by atoms with Crippen molar-refractivity contribution in [3.05, 3.63) is 22.0 Å². The van der Waals surface area contributed by atoms with E-state index < -0.39 is 10.3 Å². The van der Waals surface area contributed by atoms with Crippen LogP contribution in [0.5, 0.6) is 0 Å². The van der Waals surface area contributed by atoms with E-state index in [0.29, 0.717) is 18.5 Å². The van der Waals surface area contributed by atoms with Gasteiger partial charge in [-0.2, -0.15) is 5.10 Å². The smallest absolute Gasteiger partial charge is 0.299 e. The lowest BCUT2D eigenvalue weighted by Crippen LogP contribution is -2.18. The maximum absolute atomic E-state index is 11.3. The third-order valence-electron chi connectivity index (χ3n) is 2.72. The van der Waals surface area contributed by atoms with Gasteiger partial charge in [0.15, 0.2) is 0 Å². The average molecular weight is 195 g/mol. The largest absolute Gasteiger partial charge is 0.310 e. The van der Waals surface area contributed by atoms with Crippen molar-refractivity contribution in [2.24, 2.45) is 0 Å². The monoisotopic (exact) mass is 195 g/mol. The van der Waals surface area contributed by atoms with Gasteiger partial charge in [0.25, 0.3) is 0 Å². The SMILES string of the molecule is CC(=O)C1(c2[nH]ncc2[N+](=O)[O-])CC1. The molecule has 0 aromatic carbocycles. The summed E-state index contributed by atoms with van der Waals surface area (Å²) in [6, 6.07) is 0. The first-order chi connectivity index (χ1) is 6.58. The summed E-state index contributed by atoms with van der Waals surface area (Å²) in [6.45, 7) is 1.46. The van der Waals surface area contributed by atoms with E-state index in [1.165, 1.54) is 6.92 Å². The molecule has 1 aliphatic rings. The number of hydrogen-bond acceptors (Lipinski definition) is 4. The van der Waals surface area contributed by atoms with Crippen LogP contribution in [0.3, 0.4) is 0 Å². The third-order valence-corrected chi connectivity index (χ3v) is 2.72. The molecule has 6 nitrogen and oxygen atoms in total. The number of nitrogens with one attached hydrogen (secondary N) is 1. The Labute approximate surface area is 79.5 Å². The minimum absolute atomic E-state index is 0.0372. The molecule has 1 N–H and O–H groups in total. The predicted molar refractivity (Wildman–Crippen MR) is 46.8 cm³/mol. The summed E-state index contributed by atoms with van der Waals surface area (Å²) >= 11 is 0. The molecule has 0 spiro atoms. The topological polar surface area (TPSA) is 88.9 Å². The van der Waals surface area contributed by atoms with E-state index in [2.05, 4.69) is 10.2 Å². The third kappa shape index (κ3) is 1.03. The van der Waals surface area contributed by atoms with Crippen molar-refractivity contribution in [1.29, 1.82) is 0 Å². The number of rotatable bonds is 3. The Morgan fingerprint density at radius 2 is 2.36 bits per heavy atom. The summed E-state index contributed by atoms with van der Waals surface area (Å²) in [7, 11) is 0. The number of nitrogens with zero attached hydrogens (tertiary/aromatic N) is 2. The number of aromatic nitrogens is 2. The quantitative estimate of drug-likeness (QED) is 0.574. The number of hydrogen-bond donors (Lipinski definition) is 1. The van der Waals surface area contributed by atoms with E-state index in [1.54, 1.807) is 0 Å². The van der Waals surface area contributed by atoms with E-state index in [1.807, 2.05) is 0 Å². The van der Waals surface area contributed by atoms with Crippen LogP contribution < -0.4 is 0 Å². The van der Waals surface area contributed by atoms with Crippen LogP contribution in [-0.4, -0.2) is 20.9 Å². The zero-order valence-electron chi connectivity index (χ0n) is 7.61. The Balaban J connectivity index is 2.47. The summed E-state index contributed by atoms with van der Waals surface area (Å²) < 4.78 is 0. The molecule has 0 unspecified atom stereocenters. The summed E-state index contributed by atoms with van der Waals surface area (Å²) in [5, 5.41) is 16.8. The van der Waals surface area contributed by atoms with E-state index >= 15 is 0 Å². The standard InChI is InChI=1S/C8H9N3O3/c1-5(12)8(2-3-8)7-6(11(13)14)4-9-10-7/h4H,2-3H2,1H3,(H,9,10). The first-order valence-corrected chi connectivity index (χ1v) is 4.27. The molecule has 0 aliphatic heterocycles. The Hall–Kier alpha value is -1.72. The molecular weight excluding hydrogens is 186 g/mol. The molecule has 14 heavy (non-hydrogen) atoms. The van der Waals surface area contributed by atoms with Crippen LogP contribution in [0.1, 0.15) is 25.5 Å². The maximum Gasteiger partial charge on any atom is 0.310 e. The van der Waals surface area contributed by atoms with Crippen LogP contribution in [0.15, 0.2) is 6.20 Å². The summed E-state index contributed by atoms with van der Waals surface area (Å²) in [5.74, 6) is -0.0372. The van der Waals surface area contributed by atoms with Crippen molar-refractivity contribution in [2.45, 2.75) is 25.2 Å². The van der Waals surface area contributed by atoms with Gasteiger partial charge in [0.2, 0.25) is 0 Å². The molecule has 0 atom stereocenters. The van der Waals surface area contributed by atoms with Gasteiger partial charge in [0.05, 0.1) is 10.3 Å². The number of aromatic amines is 1. The van der Waals surface area contributed by atoms with E-state index in [9.17, 15) is 14.9 Å². The van der Waals surface area contributed by atoms with Gasteiger partial charge in [-0.15, -0.1) is 0 Å². The van der Waals surface area contributed by atoms with Crippen molar-refractivity contribution in [3.8, 4) is 0 Å². The first kappa shape index (κ1) is 8.86. The summed E-state index contributed by atoms with van der Waals surface area (Å²) in [6.07, 6.45) is 2.50. The van der Waals surface area contributed by atoms with Crippen molar-refractivity contribution >= 4 is 11.5 Å². The lowest BCUT2D eigenvalue weighted by Gasteiger charge is -2.06. The zero-order chi connectivity index (χ0) is 10.3. The molecule has 0 amide bonds. The van der Waals surface area contributed by atoms with Crippen LogP contribution in [0.4, 0.5) is 5.69 Å². The molecule has 1 aromatic heterocycles. The lowest BCUT2D eigenvalue weighted by atomic mass is 9.97. The number of nitro groups is 1. The Bertz CT molecular complexity index is 406. The molecule has 1 aliphatic carbocycles. The number of Topliss-reactive ketones (excluding diaryl/α,β-unsaturated/α-hetero) is 1. The van der Waals surface area contributed by atoms with Gasteiger partial charge in [0, 0.05) is 0 Å². The van der Waals surface area contributed by atoms with Gasteiger partial charge < -0.3 is 0 Å². The number of carbonyl (C=O) groups excluding carboxylic acids is 1. The average Bonchev–Trinajstić information content (AvgIpc) is 2.77. The molecule has 0 saturated heterocycles. The molecule has 1 fully saturated rings. The molecule has 1 saturated carbocycles. The first-order valence-electron chi connectivity index (χ1n) is 4.27. The van der Waals surface area contributed by atoms with Gasteiger partial charge in [-0.05, 0) is 19.8 Å². The Morgan fingerprint density at radius 3 is 2.79 bits per heavy atom. The van der Waals surface area contributed by atoms with Gasteiger partial charge >= 0.3 is 5.69 Å². The van der Waals surface area contributed by atoms with Gasteiger partial charge in [-0.25, -0.2) is 0 Å². The van der Waals surface area contributed by atoms with E-state index in [0.717, 1.165) is 6.20 Å². The number of H-pyrrole nitrogens is 1. The lowest BCUT2D eigenvalue weighted by molar-refractivity contribution is -0.385. The molecule has 1 heterocycles. The van der Waals surface area contributed by atoms with Crippen LogP contribution in [-0.2, 0) is 10.2 Å². The van der Waals surface area contributed by atoms with Crippen LogP contribution in [0.25, 0.3) is 0 Å². The second-order valence-corrected chi connectivity index (χ2v) is 3.53. The molecule has 2 rings (SSSR count). The minimum Gasteiger partial charge on any atom is -0.299 e. The number of carbonyl (C=O) groups is 1. The summed E-state index contributed by atoms with van der Waals surface area (Å²) in [4.78, 5) is 21.4. The van der Waals surface area contributed by atoms with E-state index in [-0.39, 0.29) is 11.5 Å². The van der Waals surface area contributed by atoms with Gasteiger partial charge in [-0.1, -0.05) is 0 Å². The van der Waals surface area contributed by atoms with Crippen LogP contribution in [0, 0.1) is 10.1 Å². The predicted octanol–water partition coefficient (Wildman–Crippen LogP) is 0.938. The van der Waals surface area contributed by atoms with Crippen LogP contribution >= 0.6 is 0 Å². The van der Waals surface area contributed by atoms with Crippen molar-refractivity contribution in [1.82, 2.24) is 10.2 Å². The molecule has 1 aromatic rings. The Kier molecular flexibility index (Phi) is 1.67. The van der Waals surface area contributed by atoms with Crippen LogP contribution in [0.2, 0.25) is 0 Å². The van der Waals surface area contributed by atoms with Crippen molar-refractivity contribution < 1.29 is 9.72 Å². The molecule has 0 radical (unpaired) electrons. The molecule has 0 bridgehead atoms. The second-order valence-electron chi connectivity index (χ2n) is 3.53. The number of ketones is 1.